The topological polar surface area (TPSA) is 41.6 Å². The third-order valence-corrected chi connectivity index (χ3v) is 5.13. The second-order valence-electron chi connectivity index (χ2n) is 6.14. The first-order valence-corrected chi connectivity index (χ1v) is 7.55. The number of fused-ring (bicyclic) bond motifs is 5. The van der Waals surface area contributed by atoms with Crippen LogP contribution in [-0.4, -0.2) is 25.1 Å². The normalized spacial score (nSPS) is 31.1. The van der Waals surface area contributed by atoms with Gasteiger partial charge in [-0.3, -0.25) is 4.79 Å². The van der Waals surface area contributed by atoms with E-state index in [1.807, 2.05) is 12.1 Å². The van der Waals surface area contributed by atoms with Gasteiger partial charge in [-0.2, -0.15) is 0 Å². The molecule has 2 fully saturated rings. The number of methoxy groups -OCH3 is 1. The van der Waals surface area contributed by atoms with Crippen LogP contribution in [0.25, 0.3) is 0 Å². The zero-order chi connectivity index (χ0) is 13.7. The van der Waals surface area contributed by atoms with Gasteiger partial charge in [0.25, 0.3) is 0 Å². The summed E-state index contributed by atoms with van der Waals surface area (Å²) in [6, 6.07) is 6.59. The first-order chi connectivity index (χ1) is 9.78. The fraction of sp³-hybridized carbons (Fsp3) is 0.562. The lowest BCUT2D eigenvalue weighted by Gasteiger charge is -2.39. The molecule has 1 N–H and O–H groups in total. The fourth-order valence-corrected chi connectivity index (χ4v) is 4.22. The van der Waals surface area contributed by atoms with Gasteiger partial charge in [-0.1, -0.05) is 12.8 Å². The molecule has 106 valence electrons. The van der Waals surface area contributed by atoms with Gasteiger partial charge in [-0.05, 0) is 37.3 Å². The Morgan fingerprint density at radius 1 is 1.30 bits per heavy atom. The molecule has 3 aliphatic rings. The number of hydrogen-bond donors (Lipinski definition) is 1. The van der Waals surface area contributed by atoms with Crippen LogP contribution in [0.2, 0.25) is 0 Å². The van der Waals surface area contributed by atoms with Crippen molar-refractivity contribution in [3.8, 4) is 5.75 Å². The number of nitrogens with one attached hydrogen (secondary N) is 1. The molecule has 0 radical (unpaired) electrons. The molecule has 0 aromatic heterocycles. The van der Waals surface area contributed by atoms with E-state index in [1.165, 1.54) is 31.4 Å². The molecule has 0 spiro atoms. The third kappa shape index (κ3) is 1.63. The largest absolute Gasteiger partial charge is 0.497 e. The van der Waals surface area contributed by atoms with Crippen molar-refractivity contribution in [1.82, 2.24) is 0 Å². The lowest BCUT2D eigenvalue weighted by molar-refractivity contribution is -0.117. The number of amides is 1. The second kappa shape index (κ2) is 4.40. The number of ether oxygens (including phenoxy) is 1. The quantitative estimate of drug-likeness (QED) is 0.854. The Kier molecular flexibility index (Phi) is 2.65. The van der Waals surface area contributed by atoms with Crippen LogP contribution in [0, 0.1) is 5.92 Å². The SMILES string of the molecule is COc1ccc2c(c1)NC(=O)C1CC3CCCCC3N21. The van der Waals surface area contributed by atoms with E-state index in [9.17, 15) is 4.79 Å². The molecule has 2 aliphatic heterocycles. The number of carbonyl (C=O) groups is 1. The van der Waals surface area contributed by atoms with Crippen molar-refractivity contribution in [1.29, 1.82) is 0 Å². The molecule has 1 aliphatic carbocycles. The number of carbonyl (C=O) groups excluding carboxylic acids is 1. The Balaban J connectivity index is 1.77. The van der Waals surface area contributed by atoms with Crippen molar-refractivity contribution < 1.29 is 9.53 Å². The first-order valence-electron chi connectivity index (χ1n) is 7.55. The van der Waals surface area contributed by atoms with Crippen molar-refractivity contribution in [3.05, 3.63) is 18.2 Å². The summed E-state index contributed by atoms with van der Waals surface area (Å²) in [5.41, 5.74) is 2.07. The van der Waals surface area contributed by atoms with Crippen LogP contribution in [0.15, 0.2) is 18.2 Å². The lowest BCUT2D eigenvalue weighted by Crippen LogP contribution is -2.48. The maximum Gasteiger partial charge on any atom is 0.247 e. The zero-order valence-corrected chi connectivity index (χ0v) is 11.8. The molecular weight excluding hydrogens is 252 g/mol. The Morgan fingerprint density at radius 2 is 2.15 bits per heavy atom. The van der Waals surface area contributed by atoms with Gasteiger partial charge in [-0.25, -0.2) is 0 Å². The number of anilines is 2. The van der Waals surface area contributed by atoms with Gasteiger partial charge in [0.1, 0.15) is 11.8 Å². The molecule has 3 atom stereocenters. The van der Waals surface area contributed by atoms with Crippen molar-refractivity contribution in [2.45, 2.75) is 44.2 Å². The van der Waals surface area contributed by atoms with Gasteiger partial charge in [0.2, 0.25) is 5.91 Å². The second-order valence-corrected chi connectivity index (χ2v) is 6.14. The maximum atomic E-state index is 12.4. The standard InChI is InChI=1S/C16H20N2O2/c1-20-11-6-7-14-12(9-11)17-16(19)15-8-10-4-2-3-5-13(10)18(14)15/h6-7,9-10,13,15H,2-5,8H2,1H3,(H,17,19). The van der Waals surface area contributed by atoms with Crippen molar-refractivity contribution in [3.63, 3.8) is 0 Å². The van der Waals surface area contributed by atoms with Crippen LogP contribution in [-0.2, 0) is 4.79 Å². The zero-order valence-electron chi connectivity index (χ0n) is 11.8. The van der Waals surface area contributed by atoms with Crippen molar-refractivity contribution in [2.75, 3.05) is 17.3 Å². The average molecular weight is 272 g/mol. The Labute approximate surface area is 119 Å². The molecule has 2 heterocycles. The van der Waals surface area contributed by atoms with Crippen LogP contribution in [0.4, 0.5) is 11.4 Å². The van der Waals surface area contributed by atoms with E-state index in [0.717, 1.165) is 17.9 Å². The number of benzene rings is 1. The molecule has 1 amide bonds. The minimum Gasteiger partial charge on any atom is -0.497 e. The van der Waals surface area contributed by atoms with Crippen LogP contribution in [0.5, 0.6) is 5.75 Å². The van der Waals surface area contributed by atoms with Gasteiger partial charge < -0.3 is 15.0 Å². The summed E-state index contributed by atoms with van der Waals surface area (Å²) < 4.78 is 5.26. The van der Waals surface area contributed by atoms with Gasteiger partial charge in [-0.15, -0.1) is 0 Å². The molecule has 20 heavy (non-hydrogen) atoms. The summed E-state index contributed by atoms with van der Waals surface area (Å²) in [4.78, 5) is 14.8. The molecule has 4 nitrogen and oxygen atoms in total. The highest BCUT2D eigenvalue weighted by Crippen LogP contribution is 2.47. The van der Waals surface area contributed by atoms with E-state index < -0.39 is 0 Å². The highest BCUT2D eigenvalue weighted by Gasteiger charge is 2.47. The summed E-state index contributed by atoms with van der Waals surface area (Å²) in [5, 5.41) is 3.06. The van der Waals surface area contributed by atoms with E-state index >= 15 is 0 Å². The summed E-state index contributed by atoms with van der Waals surface area (Å²) in [7, 11) is 1.65. The van der Waals surface area contributed by atoms with E-state index in [4.69, 9.17) is 4.74 Å². The monoisotopic (exact) mass is 272 g/mol. The molecule has 4 heteroatoms. The Morgan fingerprint density at radius 3 is 3.00 bits per heavy atom. The molecule has 1 saturated heterocycles. The molecule has 4 rings (SSSR count). The van der Waals surface area contributed by atoms with E-state index in [2.05, 4.69) is 16.3 Å². The van der Waals surface area contributed by atoms with Gasteiger partial charge in [0, 0.05) is 12.1 Å². The summed E-state index contributed by atoms with van der Waals surface area (Å²) in [6.07, 6.45) is 6.12. The number of hydrogen-bond acceptors (Lipinski definition) is 3. The van der Waals surface area contributed by atoms with Crippen molar-refractivity contribution in [2.24, 2.45) is 5.92 Å². The smallest absolute Gasteiger partial charge is 0.247 e. The minimum absolute atomic E-state index is 0.0315. The Hall–Kier alpha value is -1.71. The number of rotatable bonds is 1. The van der Waals surface area contributed by atoms with Gasteiger partial charge >= 0.3 is 0 Å². The van der Waals surface area contributed by atoms with Gasteiger partial charge in [0.05, 0.1) is 18.5 Å². The maximum absolute atomic E-state index is 12.4. The Bertz CT molecular complexity index is 557. The molecule has 1 aromatic rings. The predicted octanol–water partition coefficient (Wildman–Crippen LogP) is 2.78. The predicted molar refractivity (Wildman–Crippen MR) is 78.3 cm³/mol. The first kappa shape index (κ1) is 12.1. The van der Waals surface area contributed by atoms with E-state index in [1.54, 1.807) is 7.11 Å². The molecular formula is C16H20N2O2. The van der Waals surface area contributed by atoms with Gasteiger partial charge in [0.15, 0.2) is 0 Å². The molecule has 1 aromatic carbocycles. The molecule has 1 saturated carbocycles. The minimum atomic E-state index is 0.0315. The van der Waals surface area contributed by atoms with Crippen LogP contribution < -0.4 is 15.0 Å². The van der Waals surface area contributed by atoms with Crippen molar-refractivity contribution >= 4 is 17.3 Å². The fourth-order valence-electron chi connectivity index (χ4n) is 4.22. The third-order valence-electron chi connectivity index (χ3n) is 5.13. The van der Waals surface area contributed by atoms with E-state index in [-0.39, 0.29) is 11.9 Å². The highest BCUT2D eigenvalue weighted by atomic mass is 16.5. The lowest BCUT2D eigenvalue weighted by atomic mass is 9.84. The summed E-state index contributed by atoms with van der Waals surface area (Å²) in [5.74, 6) is 1.63. The number of nitrogens with zero attached hydrogens (tertiary/aromatic N) is 1. The molecule has 3 unspecified atom stereocenters. The summed E-state index contributed by atoms with van der Waals surface area (Å²) in [6.45, 7) is 0. The van der Waals surface area contributed by atoms with Crippen LogP contribution in [0.3, 0.4) is 0 Å². The van der Waals surface area contributed by atoms with E-state index in [0.29, 0.717) is 12.0 Å². The highest BCUT2D eigenvalue weighted by molar-refractivity contribution is 6.04. The molecule has 0 bridgehead atoms. The summed E-state index contributed by atoms with van der Waals surface area (Å²) >= 11 is 0. The van der Waals surface area contributed by atoms with Crippen LogP contribution in [0.1, 0.15) is 32.1 Å². The van der Waals surface area contributed by atoms with Crippen LogP contribution >= 0.6 is 0 Å². The average Bonchev–Trinajstić information content (AvgIpc) is 2.87.